The number of rotatable bonds is 62. The van der Waals surface area contributed by atoms with Gasteiger partial charge >= 0.3 is 19.8 Å². The maximum atomic E-state index is 12.7. The smallest absolute Gasteiger partial charge is 0.462 e. The van der Waals surface area contributed by atoms with Crippen LogP contribution >= 0.6 is 7.82 Å². The summed E-state index contributed by atoms with van der Waals surface area (Å²) in [5.41, 5.74) is 5.39. The highest BCUT2D eigenvalue weighted by atomic mass is 31.2. The molecule has 0 fully saturated rings. The highest BCUT2D eigenvalue weighted by Gasteiger charge is 2.26. The minimum absolute atomic E-state index is 0.0427. The Morgan fingerprint density at radius 3 is 0.988 bits per heavy atom. The lowest BCUT2D eigenvalue weighted by Gasteiger charge is -2.19. The maximum Gasteiger partial charge on any atom is 0.472 e. The van der Waals surface area contributed by atoms with Crippen molar-refractivity contribution < 1.29 is 37.6 Å². The normalized spacial score (nSPS) is 13.8. The molecule has 474 valence electrons. The van der Waals surface area contributed by atoms with Crippen molar-refractivity contribution in [3.63, 3.8) is 0 Å². The van der Waals surface area contributed by atoms with Gasteiger partial charge in [0.1, 0.15) is 6.61 Å². The van der Waals surface area contributed by atoms with Crippen LogP contribution in [-0.2, 0) is 32.7 Å². The Morgan fingerprint density at radius 2 is 0.663 bits per heavy atom. The van der Waals surface area contributed by atoms with Crippen LogP contribution in [0, 0.1) is 0 Å². The fourth-order valence-corrected chi connectivity index (χ4v) is 9.84. The first kappa shape index (κ1) is 79.2. The second-order valence-corrected chi connectivity index (χ2v) is 23.4. The number of hydrogen-bond acceptors (Lipinski definition) is 8. The third-order valence-corrected chi connectivity index (χ3v) is 15.0. The number of unbranched alkanes of at least 4 members (excludes halogenated alkanes) is 27. The molecule has 0 bridgehead atoms. The van der Waals surface area contributed by atoms with Gasteiger partial charge in [-0.05, 0) is 116 Å². The van der Waals surface area contributed by atoms with Crippen molar-refractivity contribution in [1.29, 1.82) is 0 Å². The predicted molar refractivity (Wildman–Crippen MR) is 357 cm³/mol. The van der Waals surface area contributed by atoms with Gasteiger partial charge in [0, 0.05) is 19.4 Å². The number of carbonyl (C=O) groups excluding carboxylic acids is 2. The lowest BCUT2D eigenvalue weighted by molar-refractivity contribution is -0.161. The van der Waals surface area contributed by atoms with Gasteiger partial charge in [-0.25, -0.2) is 4.57 Å². The van der Waals surface area contributed by atoms with Gasteiger partial charge in [-0.2, -0.15) is 0 Å². The number of phosphoric ester groups is 1. The van der Waals surface area contributed by atoms with Crippen molar-refractivity contribution in [2.75, 3.05) is 26.4 Å². The fraction of sp³-hybridized carbons (Fsp3) is 0.671. The van der Waals surface area contributed by atoms with E-state index in [1.165, 1.54) is 141 Å². The van der Waals surface area contributed by atoms with E-state index in [9.17, 15) is 19.0 Å². The van der Waals surface area contributed by atoms with Gasteiger partial charge in [-0.15, -0.1) is 0 Å². The Hall–Kier alpha value is -3.85. The summed E-state index contributed by atoms with van der Waals surface area (Å²) in [6, 6.07) is 0. The largest absolute Gasteiger partial charge is 0.472 e. The Balaban J connectivity index is 3.97. The van der Waals surface area contributed by atoms with Crippen LogP contribution in [0.2, 0.25) is 0 Å². The molecule has 9 nitrogen and oxygen atoms in total. The molecule has 3 N–H and O–H groups in total. The summed E-state index contributed by atoms with van der Waals surface area (Å²) in [5, 5.41) is 0. The summed E-state index contributed by atoms with van der Waals surface area (Å²) in [6.45, 7) is 3.60. The van der Waals surface area contributed by atoms with Crippen molar-refractivity contribution in [2.24, 2.45) is 5.73 Å². The number of esters is 2. The summed E-state index contributed by atoms with van der Waals surface area (Å²) in [4.78, 5) is 35.3. The van der Waals surface area contributed by atoms with Crippen molar-refractivity contribution in [1.82, 2.24) is 0 Å². The monoisotopic (exact) mass is 1170 g/mol. The van der Waals surface area contributed by atoms with E-state index < -0.39 is 26.5 Å². The molecule has 0 aliphatic rings. The molecule has 0 aliphatic carbocycles. The van der Waals surface area contributed by atoms with Crippen LogP contribution in [-0.4, -0.2) is 49.3 Å². The Labute approximate surface area is 510 Å². The van der Waals surface area contributed by atoms with E-state index in [0.29, 0.717) is 6.42 Å². The molecule has 0 aromatic rings. The summed E-state index contributed by atoms with van der Waals surface area (Å²) >= 11 is 0. The van der Waals surface area contributed by atoms with Gasteiger partial charge < -0.3 is 20.1 Å². The quantitative estimate of drug-likeness (QED) is 0.0264. The minimum Gasteiger partial charge on any atom is -0.462 e. The van der Waals surface area contributed by atoms with Crippen LogP contribution < -0.4 is 5.73 Å². The molecule has 0 saturated carbocycles. The molecule has 0 aliphatic heterocycles. The fourth-order valence-electron chi connectivity index (χ4n) is 9.07. The van der Waals surface area contributed by atoms with Crippen molar-refractivity contribution in [3.8, 4) is 0 Å². The first-order valence-corrected chi connectivity index (χ1v) is 35.2. The molecule has 0 aromatic heterocycles. The first-order valence-electron chi connectivity index (χ1n) is 33.7. The van der Waals surface area contributed by atoms with E-state index in [1.54, 1.807) is 0 Å². The Morgan fingerprint density at radius 1 is 0.373 bits per heavy atom. The van der Waals surface area contributed by atoms with Crippen LogP contribution in [0.4, 0.5) is 0 Å². The molecule has 0 spiro atoms. The van der Waals surface area contributed by atoms with Crippen LogP contribution in [0.1, 0.15) is 284 Å². The molecular formula is C73H124NO8P. The molecule has 0 amide bonds. The second kappa shape index (κ2) is 67.3. The third-order valence-electron chi connectivity index (χ3n) is 14.0. The van der Waals surface area contributed by atoms with E-state index in [4.69, 9.17) is 24.3 Å². The number of ether oxygens (including phenoxy) is 2. The number of phosphoric acid groups is 1. The van der Waals surface area contributed by atoms with Crippen LogP contribution in [0.5, 0.6) is 0 Å². The summed E-state index contributed by atoms with van der Waals surface area (Å²) in [7, 11) is -4.41. The van der Waals surface area contributed by atoms with Gasteiger partial charge in [0.25, 0.3) is 0 Å². The molecule has 0 heterocycles. The first-order chi connectivity index (χ1) is 40.8. The van der Waals surface area contributed by atoms with Crippen LogP contribution in [0.25, 0.3) is 0 Å². The molecule has 2 unspecified atom stereocenters. The van der Waals surface area contributed by atoms with Crippen molar-refractivity contribution in [3.05, 3.63) is 134 Å². The summed E-state index contributed by atoms with van der Waals surface area (Å²) in [6.07, 6.45) is 95.3. The highest BCUT2D eigenvalue weighted by Crippen LogP contribution is 2.43. The number of allylic oxidation sites excluding steroid dienone is 22. The topological polar surface area (TPSA) is 134 Å². The van der Waals surface area contributed by atoms with Gasteiger partial charge in [-0.1, -0.05) is 289 Å². The zero-order valence-electron chi connectivity index (χ0n) is 53.1. The average Bonchev–Trinajstić information content (AvgIpc) is 3.49. The molecule has 0 radical (unpaired) electrons. The predicted octanol–water partition coefficient (Wildman–Crippen LogP) is 22.1. The Bertz CT molecular complexity index is 1820. The summed E-state index contributed by atoms with van der Waals surface area (Å²) in [5.74, 6) is -0.858. The number of nitrogens with two attached hydrogens (primary N) is 1. The third kappa shape index (κ3) is 67.2. The highest BCUT2D eigenvalue weighted by molar-refractivity contribution is 7.47. The molecular weight excluding hydrogens is 1050 g/mol. The summed E-state index contributed by atoms with van der Waals surface area (Å²) < 4.78 is 33.1. The van der Waals surface area contributed by atoms with E-state index in [0.717, 1.165) is 109 Å². The zero-order valence-corrected chi connectivity index (χ0v) is 54.0. The van der Waals surface area contributed by atoms with Crippen molar-refractivity contribution >= 4 is 19.8 Å². The molecule has 2 atom stereocenters. The zero-order chi connectivity index (χ0) is 60.1. The molecule has 0 rings (SSSR count). The lowest BCUT2D eigenvalue weighted by Crippen LogP contribution is -2.29. The van der Waals surface area contributed by atoms with Gasteiger partial charge in [0.15, 0.2) is 6.10 Å². The van der Waals surface area contributed by atoms with Gasteiger partial charge in [0.2, 0.25) is 0 Å². The lowest BCUT2D eigenvalue weighted by atomic mass is 10.0. The minimum atomic E-state index is -4.41. The van der Waals surface area contributed by atoms with Gasteiger partial charge in [-0.3, -0.25) is 18.6 Å². The average molecular weight is 1170 g/mol. The maximum absolute atomic E-state index is 12.7. The van der Waals surface area contributed by atoms with E-state index in [2.05, 4.69) is 148 Å². The number of carbonyl (C=O) groups is 2. The molecule has 83 heavy (non-hydrogen) atoms. The van der Waals surface area contributed by atoms with Crippen LogP contribution in [0.3, 0.4) is 0 Å². The molecule has 10 heteroatoms. The standard InChI is InChI=1S/C73H124NO8P/c1-3-5-7-9-11-13-15-17-19-21-23-25-27-29-31-33-34-35-36-38-39-41-43-45-47-49-51-53-55-57-59-61-63-65-72(75)79-69-71(70-81-83(77,78)80-68-67-74)82-73(76)66-64-62-60-58-56-54-52-50-48-46-44-42-40-37-32-30-28-26-24-22-20-18-16-14-12-10-8-6-4-2/h6,8,12,14-15,17-18,20-21,23-24,26-27,29-30,32,40,42,46,48,52,54,71H,3-5,7,9-11,13,16,19,22,25,28,31,33-39,41,43-45,47,49-51,53,55-70,74H2,1-2H3,(H,77,78)/b8-6-,14-12-,17-15-,20-18-,23-21-,26-24-,29-27-,32-30-,42-40-,48-46-,54-52-. The van der Waals surface area contributed by atoms with E-state index in [1.807, 2.05) is 0 Å². The van der Waals surface area contributed by atoms with Crippen LogP contribution in [0.15, 0.2) is 134 Å². The second-order valence-electron chi connectivity index (χ2n) is 22.0. The SMILES string of the molecule is CC/C=C\C/C=C\C/C=C\C/C=C\C/C=C\C/C=C\C/C=C\C/C=C\CCCCCCC(=O)OC(COC(=O)CCCCCCCCCCCCCCCCCCCC/C=C\C/C=C\C/C=C\CCCCCCC)COP(=O)(O)OCCN. The molecule has 0 saturated heterocycles. The number of hydrogen-bond donors (Lipinski definition) is 2. The van der Waals surface area contributed by atoms with E-state index in [-0.39, 0.29) is 38.6 Å². The molecule has 0 aromatic carbocycles. The Kier molecular flexibility index (Phi) is 64.2. The van der Waals surface area contributed by atoms with Gasteiger partial charge in [0.05, 0.1) is 13.2 Å². The van der Waals surface area contributed by atoms with E-state index >= 15 is 0 Å². The van der Waals surface area contributed by atoms with Crippen molar-refractivity contribution in [2.45, 2.75) is 290 Å².